The van der Waals surface area contributed by atoms with Crippen LogP contribution >= 0.6 is 0 Å². The number of benzene rings is 2. The van der Waals surface area contributed by atoms with Gasteiger partial charge in [0, 0.05) is 26.8 Å². The van der Waals surface area contributed by atoms with Crippen LogP contribution < -0.4 is 5.32 Å². The summed E-state index contributed by atoms with van der Waals surface area (Å²) in [6, 6.07) is 13.3. The van der Waals surface area contributed by atoms with Crippen LogP contribution in [0.1, 0.15) is 21.5 Å². The zero-order chi connectivity index (χ0) is 23.8. The minimum atomic E-state index is -1.45. The molecule has 4 amide bonds. The Morgan fingerprint density at radius 1 is 1.09 bits per heavy atom. The van der Waals surface area contributed by atoms with Crippen LogP contribution in [0.3, 0.4) is 0 Å². The molecule has 7 nitrogen and oxygen atoms in total. The van der Waals surface area contributed by atoms with E-state index in [9.17, 15) is 18.8 Å². The molecule has 0 aliphatic carbocycles. The van der Waals surface area contributed by atoms with Crippen molar-refractivity contribution in [2.24, 2.45) is 0 Å². The highest BCUT2D eigenvalue weighted by molar-refractivity contribution is 6.76. The molecule has 0 spiro atoms. The van der Waals surface area contributed by atoms with Crippen molar-refractivity contribution in [3.8, 4) is 0 Å². The summed E-state index contributed by atoms with van der Waals surface area (Å²) in [5.74, 6) is -1.33. The van der Waals surface area contributed by atoms with Gasteiger partial charge in [0.05, 0.1) is 6.54 Å². The quantitative estimate of drug-likeness (QED) is 0.364. The molecule has 0 aromatic heterocycles. The number of hydrogen-bond donors (Lipinski definition) is 1. The molecule has 2 heterocycles. The van der Waals surface area contributed by atoms with Gasteiger partial charge >= 0.3 is 6.03 Å². The first-order valence-electron chi connectivity index (χ1n) is 11.0. The second-order valence-corrected chi connectivity index (χ2v) is 15.4. The molecule has 0 radical (unpaired) electrons. The minimum Gasteiger partial charge on any atom is -0.361 e. The fourth-order valence-corrected chi connectivity index (χ4v) is 4.90. The lowest BCUT2D eigenvalue weighted by Gasteiger charge is -2.31. The highest BCUT2D eigenvalue weighted by Crippen LogP contribution is 2.33. The second-order valence-electron chi connectivity index (χ2n) is 9.75. The normalized spacial score (nSPS) is 20.4. The van der Waals surface area contributed by atoms with E-state index in [0.29, 0.717) is 17.7 Å². The minimum absolute atomic E-state index is 0.0673. The number of imide groups is 1. The molecule has 1 atom stereocenters. The Morgan fingerprint density at radius 3 is 2.52 bits per heavy atom. The number of rotatable bonds is 8. The molecule has 9 heteroatoms. The number of urea groups is 1. The highest BCUT2D eigenvalue weighted by atomic mass is 28.3. The molecule has 2 aromatic rings. The van der Waals surface area contributed by atoms with E-state index in [0.717, 1.165) is 10.9 Å². The number of nitrogens with one attached hydrogen (secondary N) is 1. The Labute approximate surface area is 193 Å². The fraction of sp³-hybridized carbons (Fsp3) is 0.375. The van der Waals surface area contributed by atoms with Crippen LogP contribution in [0.25, 0.3) is 0 Å². The molecule has 1 saturated heterocycles. The molecule has 2 aliphatic heterocycles. The van der Waals surface area contributed by atoms with E-state index < -0.39 is 31.4 Å². The maximum atomic E-state index is 13.7. The zero-order valence-electron chi connectivity index (χ0n) is 19.1. The van der Waals surface area contributed by atoms with Crippen LogP contribution in [0.2, 0.25) is 25.7 Å². The van der Waals surface area contributed by atoms with Gasteiger partial charge in [-0.1, -0.05) is 56.0 Å². The van der Waals surface area contributed by atoms with Crippen LogP contribution in [0.5, 0.6) is 0 Å². The Kier molecular flexibility index (Phi) is 6.11. The van der Waals surface area contributed by atoms with Gasteiger partial charge in [0.25, 0.3) is 11.8 Å². The largest absolute Gasteiger partial charge is 0.361 e. The second kappa shape index (κ2) is 8.72. The zero-order valence-corrected chi connectivity index (χ0v) is 20.1. The molecule has 0 unspecified atom stereocenters. The summed E-state index contributed by atoms with van der Waals surface area (Å²) in [7, 11) is -1.32. The molecule has 174 valence electrons. The molecule has 2 aromatic carbocycles. The van der Waals surface area contributed by atoms with Gasteiger partial charge in [0.1, 0.15) is 12.5 Å². The predicted octanol–water partition coefficient (Wildman–Crippen LogP) is 3.54. The standard InChI is InChI=1S/C24H28FN3O4Si/c1-33(2,3)12-11-32-16-28-22(30)24(26-23(28)31,18-7-5-4-6-8-18)15-27-14-17-9-10-19(25)13-20(17)21(27)29/h4-10,13H,11-12,14-16H2,1-3H3,(H,26,31)/t24-/m0/s1. The summed E-state index contributed by atoms with van der Waals surface area (Å²) in [6.45, 7) is 7.16. The Morgan fingerprint density at radius 2 is 1.82 bits per heavy atom. The van der Waals surface area contributed by atoms with E-state index in [1.807, 2.05) is 6.07 Å². The summed E-state index contributed by atoms with van der Waals surface area (Å²) in [6.07, 6.45) is 0. The summed E-state index contributed by atoms with van der Waals surface area (Å²) < 4.78 is 19.4. The van der Waals surface area contributed by atoms with Crippen molar-refractivity contribution in [3.05, 3.63) is 71.0 Å². The number of ether oxygens (including phenoxy) is 1. The molecule has 0 bridgehead atoms. The van der Waals surface area contributed by atoms with Crippen molar-refractivity contribution >= 4 is 25.9 Å². The van der Waals surface area contributed by atoms with Gasteiger partial charge in [-0.05, 0) is 29.3 Å². The summed E-state index contributed by atoms with van der Waals surface area (Å²) in [5.41, 5.74) is 0.0915. The number of hydrogen-bond acceptors (Lipinski definition) is 4. The van der Waals surface area contributed by atoms with Gasteiger partial charge in [-0.3, -0.25) is 9.59 Å². The van der Waals surface area contributed by atoms with Crippen molar-refractivity contribution in [1.29, 1.82) is 0 Å². The van der Waals surface area contributed by atoms with Crippen molar-refractivity contribution in [3.63, 3.8) is 0 Å². The third-order valence-electron chi connectivity index (χ3n) is 6.04. The van der Waals surface area contributed by atoms with Gasteiger partial charge in [-0.15, -0.1) is 0 Å². The van der Waals surface area contributed by atoms with E-state index >= 15 is 0 Å². The van der Waals surface area contributed by atoms with E-state index in [4.69, 9.17) is 4.74 Å². The lowest BCUT2D eigenvalue weighted by molar-refractivity contribution is -0.135. The number of halogens is 1. The highest BCUT2D eigenvalue weighted by Gasteiger charge is 2.54. The van der Waals surface area contributed by atoms with Gasteiger partial charge in [0.2, 0.25) is 0 Å². The van der Waals surface area contributed by atoms with Crippen LogP contribution in [0.4, 0.5) is 9.18 Å². The summed E-state index contributed by atoms with van der Waals surface area (Å²) in [5, 5.41) is 2.82. The molecule has 1 fully saturated rings. The number of fused-ring (bicyclic) bond motifs is 1. The number of amides is 4. The van der Waals surface area contributed by atoms with Crippen molar-refractivity contribution in [2.75, 3.05) is 19.9 Å². The predicted molar refractivity (Wildman–Crippen MR) is 124 cm³/mol. The fourth-order valence-electron chi connectivity index (χ4n) is 4.14. The van der Waals surface area contributed by atoms with E-state index in [-0.39, 0.29) is 31.3 Å². The van der Waals surface area contributed by atoms with Gasteiger partial charge < -0.3 is 15.0 Å². The maximum absolute atomic E-state index is 13.7. The molecular formula is C24H28FN3O4Si. The first kappa shape index (κ1) is 23.1. The van der Waals surface area contributed by atoms with E-state index in [1.54, 1.807) is 30.3 Å². The topological polar surface area (TPSA) is 79.0 Å². The molecule has 4 rings (SSSR count). The van der Waals surface area contributed by atoms with Crippen molar-refractivity contribution < 1.29 is 23.5 Å². The van der Waals surface area contributed by atoms with Gasteiger partial charge in [0.15, 0.2) is 5.54 Å². The SMILES string of the molecule is C[Si](C)(C)CCOCN1C(=O)N[C@@](CN2Cc3ccc(F)cc3C2=O)(c2ccccc2)C1=O. The van der Waals surface area contributed by atoms with Crippen molar-refractivity contribution in [1.82, 2.24) is 15.1 Å². The number of nitrogens with zero attached hydrogens (tertiary/aromatic N) is 2. The monoisotopic (exact) mass is 469 g/mol. The van der Waals surface area contributed by atoms with Gasteiger partial charge in [-0.25, -0.2) is 14.1 Å². The molecule has 0 saturated carbocycles. The van der Waals surface area contributed by atoms with Crippen LogP contribution in [-0.2, 0) is 21.6 Å². The summed E-state index contributed by atoms with van der Waals surface area (Å²) >= 11 is 0. The molecule has 2 aliphatic rings. The number of carbonyl (C=O) groups is 3. The van der Waals surface area contributed by atoms with Crippen LogP contribution in [0, 0.1) is 5.82 Å². The Hall–Kier alpha value is -3.04. The summed E-state index contributed by atoms with van der Waals surface area (Å²) in [4.78, 5) is 42.0. The average Bonchev–Trinajstić information content (AvgIpc) is 3.19. The third kappa shape index (κ3) is 4.56. The van der Waals surface area contributed by atoms with Crippen LogP contribution in [-0.4, -0.2) is 55.6 Å². The first-order chi connectivity index (χ1) is 15.6. The van der Waals surface area contributed by atoms with Crippen LogP contribution in [0.15, 0.2) is 48.5 Å². The molecular weight excluding hydrogens is 441 g/mol. The smallest absolute Gasteiger partial charge is 0.327 e. The first-order valence-corrected chi connectivity index (χ1v) is 14.7. The van der Waals surface area contributed by atoms with E-state index in [1.165, 1.54) is 17.0 Å². The third-order valence-corrected chi connectivity index (χ3v) is 7.74. The average molecular weight is 470 g/mol. The number of carbonyl (C=O) groups excluding carboxylic acids is 3. The lowest BCUT2D eigenvalue weighted by Crippen LogP contribution is -2.53. The van der Waals surface area contributed by atoms with Crippen molar-refractivity contribution in [2.45, 2.75) is 37.8 Å². The molecule has 1 N–H and O–H groups in total. The Bertz CT molecular complexity index is 1090. The lowest BCUT2D eigenvalue weighted by atomic mass is 9.89. The van der Waals surface area contributed by atoms with Gasteiger partial charge in [-0.2, -0.15) is 0 Å². The molecule has 33 heavy (non-hydrogen) atoms. The van der Waals surface area contributed by atoms with E-state index in [2.05, 4.69) is 25.0 Å². The maximum Gasteiger partial charge on any atom is 0.327 e. The Balaban J connectivity index is 1.58.